The van der Waals surface area contributed by atoms with Crippen molar-refractivity contribution >= 4 is 17.9 Å². The van der Waals surface area contributed by atoms with Gasteiger partial charge in [-0.3, -0.25) is 0 Å². The Labute approximate surface area is 115 Å². The quantitative estimate of drug-likeness (QED) is 0.634. The minimum absolute atomic E-state index is 0.168. The summed E-state index contributed by atoms with van der Waals surface area (Å²) in [6.45, 7) is 0. The Balaban J connectivity index is 1.97. The van der Waals surface area contributed by atoms with E-state index in [9.17, 15) is 4.79 Å². The van der Waals surface area contributed by atoms with Gasteiger partial charge in [-0.15, -0.1) is 0 Å². The highest BCUT2D eigenvalue weighted by molar-refractivity contribution is 6.11. The fourth-order valence-electron chi connectivity index (χ4n) is 1.85. The fraction of sp³-hybridized carbons (Fsp3) is 0.0667. The number of nitrogens with zero attached hydrogens (tertiary/aromatic N) is 1. The number of methoxy groups -OCH3 is 1. The van der Waals surface area contributed by atoms with Gasteiger partial charge in [0.25, 0.3) is 5.90 Å². The summed E-state index contributed by atoms with van der Waals surface area (Å²) in [7, 11) is 1.57. The number of aliphatic imine (C=N–C) groups is 1. The van der Waals surface area contributed by atoms with E-state index >= 15 is 0 Å². The van der Waals surface area contributed by atoms with Crippen molar-refractivity contribution in [2.45, 2.75) is 0 Å². The maximum Gasteiger partial charge on any atom is 0.363 e. The van der Waals surface area contributed by atoms with Crippen LogP contribution >= 0.6 is 0 Å². The zero-order valence-corrected chi connectivity index (χ0v) is 10.7. The van der Waals surface area contributed by atoms with Gasteiger partial charge in [-0.05, 0) is 24.3 Å². The van der Waals surface area contributed by atoms with E-state index in [4.69, 9.17) is 13.9 Å². The van der Waals surface area contributed by atoms with Gasteiger partial charge in [-0.25, -0.2) is 9.79 Å². The van der Waals surface area contributed by atoms with Gasteiger partial charge in [0, 0.05) is 5.56 Å². The Morgan fingerprint density at radius 2 is 2.05 bits per heavy atom. The molecule has 3 rings (SSSR count). The lowest BCUT2D eigenvalue weighted by Crippen LogP contribution is -2.04. The fourth-order valence-corrected chi connectivity index (χ4v) is 1.85. The first-order valence-corrected chi connectivity index (χ1v) is 5.97. The van der Waals surface area contributed by atoms with Gasteiger partial charge < -0.3 is 13.9 Å². The highest BCUT2D eigenvalue weighted by Crippen LogP contribution is 2.24. The maximum atomic E-state index is 11.8. The second-order valence-electron chi connectivity index (χ2n) is 4.06. The third-order valence-electron chi connectivity index (χ3n) is 2.78. The van der Waals surface area contributed by atoms with E-state index in [0.29, 0.717) is 11.5 Å². The number of rotatable bonds is 3. The summed E-state index contributed by atoms with van der Waals surface area (Å²) in [5, 5.41) is 0. The number of benzene rings is 1. The van der Waals surface area contributed by atoms with Crippen LogP contribution in [0.4, 0.5) is 0 Å². The first-order chi connectivity index (χ1) is 9.78. The Morgan fingerprint density at radius 1 is 1.20 bits per heavy atom. The van der Waals surface area contributed by atoms with Crippen molar-refractivity contribution < 1.29 is 18.7 Å². The zero-order valence-electron chi connectivity index (χ0n) is 10.7. The molecule has 0 spiro atoms. The highest BCUT2D eigenvalue weighted by atomic mass is 16.6. The Kier molecular flexibility index (Phi) is 3.09. The Bertz CT molecular complexity index is 698. The van der Waals surface area contributed by atoms with Crippen LogP contribution in [0.25, 0.3) is 6.08 Å². The number of furan rings is 1. The number of para-hydroxylation sites is 1. The van der Waals surface area contributed by atoms with Crippen LogP contribution in [0, 0.1) is 0 Å². The Morgan fingerprint density at radius 3 is 2.80 bits per heavy atom. The molecule has 2 heterocycles. The normalized spacial score (nSPS) is 16.1. The van der Waals surface area contributed by atoms with Crippen LogP contribution in [-0.2, 0) is 9.53 Å². The summed E-state index contributed by atoms with van der Waals surface area (Å²) < 4.78 is 15.4. The van der Waals surface area contributed by atoms with Gasteiger partial charge in [-0.1, -0.05) is 18.2 Å². The number of cyclic esters (lactones) is 1. The average molecular weight is 269 g/mol. The van der Waals surface area contributed by atoms with E-state index in [2.05, 4.69) is 4.99 Å². The predicted molar refractivity (Wildman–Crippen MR) is 72.3 cm³/mol. The lowest BCUT2D eigenvalue weighted by Gasteiger charge is -2.03. The summed E-state index contributed by atoms with van der Waals surface area (Å²) >= 11 is 0. The second-order valence-corrected chi connectivity index (χ2v) is 4.06. The second kappa shape index (κ2) is 5.05. The molecule has 1 aromatic carbocycles. The van der Waals surface area contributed by atoms with Crippen molar-refractivity contribution in [1.29, 1.82) is 0 Å². The van der Waals surface area contributed by atoms with E-state index in [-0.39, 0.29) is 11.6 Å². The third-order valence-corrected chi connectivity index (χ3v) is 2.78. The Hall–Kier alpha value is -2.82. The molecule has 0 bridgehead atoms. The van der Waals surface area contributed by atoms with E-state index in [1.54, 1.807) is 25.3 Å². The molecule has 0 N–H and O–H groups in total. The van der Waals surface area contributed by atoms with E-state index in [1.807, 2.05) is 24.3 Å². The van der Waals surface area contributed by atoms with Crippen LogP contribution in [0.15, 0.2) is 57.8 Å². The van der Waals surface area contributed by atoms with Crippen LogP contribution in [0.5, 0.6) is 5.75 Å². The number of esters is 1. The smallest absolute Gasteiger partial charge is 0.363 e. The average Bonchev–Trinajstić information content (AvgIpc) is 3.10. The molecule has 5 nitrogen and oxygen atoms in total. The molecule has 1 aliphatic heterocycles. The molecule has 0 fully saturated rings. The standard InChI is InChI=1S/C15H11NO4/c1-18-12-6-3-2-5-10(12)9-11-15(17)20-14(16-11)13-7-4-8-19-13/h2-9H,1H3/b11-9+. The largest absolute Gasteiger partial charge is 0.496 e. The van der Waals surface area contributed by atoms with Gasteiger partial charge in [0.2, 0.25) is 0 Å². The lowest BCUT2D eigenvalue weighted by atomic mass is 10.1. The molecule has 0 aliphatic carbocycles. The van der Waals surface area contributed by atoms with Crippen molar-refractivity contribution in [3.8, 4) is 5.75 Å². The molecule has 0 amide bonds. The molecule has 0 atom stereocenters. The summed E-state index contributed by atoms with van der Waals surface area (Å²) in [5.74, 6) is 0.736. The van der Waals surface area contributed by atoms with Gasteiger partial charge in [0.1, 0.15) is 5.75 Å². The van der Waals surface area contributed by atoms with E-state index in [0.717, 1.165) is 5.56 Å². The molecule has 100 valence electrons. The molecule has 0 saturated carbocycles. The van der Waals surface area contributed by atoms with Crippen molar-refractivity contribution in [3.63, 3.8) is 0 Å². The molecule has 2 aromatic rings. The first kappa shape index (κ1) is 12.2. The van der Waals surface area contributed by atoms with E-state index < -0.39 is 5.97 Å². The van der Waals surface area contributed by atoms with Crippen LogP contribution in [0.1, 0.15) is 11.3 Å². The molecule has 5 heteroatoms. The molecule has 20 heavy (non-hydrogen) atoms. The van der Waals surface area contributed by atoms with Crippen LogP contribution in [0.3, 0.4) is 0 Å². The van der Waals surface area contributed by atoms with Gasteiger partial charge in [0.05, 0.1) is 13.4 Å². The van der Waals surface area contributed by atoms with Crippen molar-refractivity contribution in [1.82, 2.24) is 0 Å². The van der Waals surface area contributed by atoms with Gasteiger partial charge in [0.15, 0.2) is 11.5 Å². The number of hydrogen-bond acceptors (Lipinski definition) is 5. The van der Waals surface area contributed by atoms with Crippen LogP contribution in [-0.4, -0.2) is 19.0 Å². The minimum atomic E-state index is -0.512. The van der Waals surface area contributed by atoms with Crippen molar-refractivity contribution in [2.24, 2.45) is 4.99 Å². The summed E-state index contributed by atoms with van der Waals surface area (Å²) in [4.78, 5) is 15.9. The zero-order chi connectivity index (χ0) is 13.9. The summed E-state index contributed by atoms with van der Waals surface area (Å²) in [6, 6.07) is 10.7. The summed E-state index contributed by atoms with van der Waals surface area (Å²) in [6.07, 6.45) is 3.12. The molecule has 1 aromatic heterocycles. The molecule has 1 aliphatic rings. The SMILES string of the molecule is COc1ccccc1/C=C1/N=C(c2ccco2)OC1=O. The molecule has 0 radical (unpaired) electrons. The minimum Gasteiger partial charge on any atom is -0.496 e. The van der Waals surface area contributed by atoms with Crippen LogP contribution < -0.4 is 4.74 Å². The number of carbonyl (C=O) groups excluding carboxylic acids is 1. The maximum absolute atomic E-state index is 11.8. The van der Waals surface area contributed by atoms with Crippen molar-refractivity contribution in [2.75, 3.05) is 7.11 Å². The first-order valence-electron chi connectivity index (χ1n) is 5.97. The van der Waals surface area contributed by atoms with Gasteiger partial charge in [-0.2, -0.15) is 0 Å². The van der Waals surface area contributed by atoms with Crippen LogP contribution in [0.2, 0.25) is 0 Å². The molecule has 0 unspecified atom stereocenters. The third kappa shape index (κ3) is 2.21. The van der Waals surface area contributed by atoms with Gasteiger partial charge >= 0.3 is 5.97 Å². The predicted octanol–water partition coefficient (Wildman–Crippen LogP) is 2.63. The number of ether oxygens (including phenoxy) is 2. The topological polar surface area (TPSA) is 61.0 Å². The number of hydrogen-bond donors (Lipinski definition) is 0. The molecular weight excluding hydrogens is 258 g/mol. The lowest BCUT2D eigenvalue weighted by molar-refractivity contribution is -0.130. The summed E-state index contributed by atoms with van der Waals surface area (Å²) in [5.41, 5.74) is 0.965. The highest BCUT2D eigenvalue weighted by Gasteiger charge is 2.25. The molecular formula is C15H11NO4. The van der Waals surface area contributed by atoms with E-state index in [1.165, 1.54) is 6.26 Å². The number of carbonyl (C=O) groups is 1. The monoisotopic (exact) mass is 269 g/mol. The van der Waals surface area contributed by atoms with Crippen molar-refractivity contribution in [3.05, 3.63) is 59.7 Å². The molecule has 0 saturated heterocycles.